The van der Waals surface area contributed by atoms with Gasteiger partial charge in [0, 0.05) is 37.3 Å². The van der Waals surface area contributed by atoms with E-state index in [1.165, 1.54) is 29.2 Å². The lowest BCUT2D eigenvalue weighted by molar-refractivity contribution is 0.0718. The fourth-order valence-electron chi connectivity index (χ4n) is 3.35. The number of hydrogen-bond donors (Lipinski definition) is 0. The molecule has 2 aromatic carbocycles. The first-order valence-corrected chi connectivity index (χ1v) is 9.29. The molecule has 4 rings (SSSR count). The molecule has 0 atom stereocenters. The van der Waals surface area contributed by atoms with E-state index in [-0.39, 0.29) is 11.8 Å². The van der Waals surface area contributed by atoms with Crippen LogP contribution in [0.5, 0.6) is 0 Å². The van der Waals surface area contributed by atoms with Crippen LogP contribution in [0, 0.1) is 5.82 Å². The summed E-state index contributed by atoms with van der Waals surface area (Å²) >= 11 is 0. The van der Waals surface area contributed by atoms with Gasteiger partial charge < -0.3 is 9.80 Å². The summed E-state index contributed by atoms with van der Waals surface area (Å²) in [4.78, 5) is 28.9. The number of carbonyl (C=O) groups excluding carboxylic acids is 2. The van der Waals surface area contributed by atoms with Crippen molar-refractivity contribution in [3.63, 3.8) is 0 Å². The van der Waals surface area contributed by atoms with Crippen molar-refractivity contribution in [2.45, 2.75) is 6.42 Å². The predicted octanol–water partition coefficient (Wildman–Crippen LogP) is 1.79. The highest BCUT2D eigenvalue weighted by molar-refractivity contribution is 5.95. The zero-order chi connectivity index (χ0) is 20.2. The van der Waals surface area contributed by atoms with Gasteiger partial charge in [0.2, 0.25) is 0 Å². The zero-order valence-electron chi connectivity index (χ0n) is 15.6. The van der Waals surface area contributed by atoms with Crippen molar-refractivity contribution in [2.24, 2.45) is 0 Å². The molecule has 1 aliphatic heterocycles. The minimum Gasteiger partial charge on any atom is -0.337 e. The van der Waals surface area contributed by atoms with Gasteiger partial charge in [0.25, 0.3) is 11.8 Å². The lowest BCUT2D eigenvalue weighted by Crippen LogP contribution is -2.37. The SMILES string of the molecule is O=C(c1ccc(-n2cnnn2)cc1)N1CCCN(C(=O)c2cccc(F)c2)CC1. The lowest BCUT2D eigenvalue weighted by atomic mass is 10.1. The van der Waals surface area contributed by atoms with Crippen molar-refractivity contribution in [1.82, 2.24) is 30.0 Å². The predicted molar refractivity (Wildman–Crippen MR) is 102 cm³/mol. The van der Waals surface area contributed by atoms with Gasteiger partial charge in [-0.3, -0.25) is 9.59 Å². The van der Waals surface area contributed by atoms with Crippen LogP contribution in [0.2, 0.25) is 0 Å². The third-order valence-electron chi connectivity index (χ3n) is 4.87. The minimum absolute atomic E-state index is 0.0895. The molecule has 1 fully saturated rings. The summed E-state index contributed by atoms with van der Waals surface area (Å²) in [7, 11) is 0. The highest BCUT2D eigenvalue weighted by Gasteiger charge is 2.23. The van der Waals surface area contributed by atoms with Gasteiger partial charge in [-0.2, -0.15) is 0 Å². The van der Waals surface area contributed by atoms with Crippen LogP contribution < -0.4 is 0 Å². The molecule has 0 bridgehead atoms. The van der Waals surface area contributed by atoms with Crippen molar-refractivity contribution < 1.29 is 14.0 Å². The third-order valence-corrected chi connectivity index (χ3v) is 4.87. The molecule has 0 radical (unpaired) electrons. The number of halogens is 1. The van der Waals surface area contributed by atoms with E-state index >= 15 is 0 Å². The summed E-state index contributed by atoms with van der Waals surface area (Å²) < 4.78 is 14.9. The molecule has 0 aliphatic carbocycles. The van der Waals surface area contributed by atoms with Crippen molar-refractivity contribution in [1.29, 1.82) is 0 Å². The highest BCUT2D eigenvalue weighted by Crippen LogP contribution is 2.14. The Morgan fingerprint density at radius 3 is 2.17 bits per heavy atom. The second-order valence-electron chi connectivity index (χ2n) is 6.75. The Labute approximate surface area is 166 Å². The maximum absolute atomic E-state index is 13.4. The summed E-state index contributed by atoms with van der Waals surface area (Å²) in [5, 5.41) is 11.0. The normalized spacial score (nSPS) is 14.5. The molecule has 9 heteroatoms. The molecule has 1 aromatic heterocycles. The molecule has 148 valence electrons. The number of carbonyl (C=O) groups is 2. The number of amides is 2. The lowest BCUT2D eigenvalue weighted by Gasteiger charge is -2.22. The van der Waals surface area contributed by atoms with Gasteiger partial charge in [0.15, 0.2) is 0 Å². The first kappa shape index (κ1) is 18.7. The molecule has 2 heterocycles. The third kappa shape index (κ3) is 4.13. The topological polar surface area (TPSA) is 84.2 Å². The smallest absolute Gasteiger partial charge is 0.254 e. The molecule has 0 N–H and O–H groups in total. The Hall–Kier alpha value is -3.62. The van der Waals surface area contributed by atoms with Gasteiger partial charge in [-0.25, -0.2) is 9.07 Å². The van der Waals surface area contributed by atoms with Crippen LogP contribution in [0.25, 0.3) is 5.69 Å². The van der Waals surface area contributed by atoms with E-state index in [9.17, 15) is 14.0 Å². The fourth-order valence-corrected chi connectivity index (χ4v) is 3.35. The number of aromatic nitrogens is 4. The Balaban J connectivity index is 1.41. The maximum atomic E-state index is 13.4. The number of nitrogens with zero attached hydrogens (tertiary/aromatic N) is 6. The number of hydrogen-bond acceptors (Lipinski definition) is 5. The largest absolute Gasteiger partial charge is 0.337 e. The van der Waals surface area contributed by atoms with E-state index in [4.69, 9.17) is 0 Å². The molecule has 2 amide bonds. The van der Waals surface area contributed by atoms with E-state index < -0.39 is 5.82 Å². The van der Waals surface area contributed by atoms with E-state index in [1.54, 1.807) is 40.1 Å². The summed E-state index contributed by atoms with van der Waals surface area (Å²) in [6.07, 6.45) is 2.14. The van der Waals surface area contributed by atoms with Crippen molar-refractivity contribution in [2.75, 3.05) is 26.2 Å². The summed E-state index contributed by atoms with van der Waals surface area (Å²) in [5.74, 6) is -0.745. The molecule has 0 spiro atoms. The van der Waals surface area contributed by atoms with E-state index in [0.717, 1.165) is 5.69 Å². The molecule has 1 aliphatic rings. The molecule has 29 heavy (non-hydrogen) atoms. The standard InChI is InChI=1S/C20H19FN6O2/c21-17-4-1-3-16(13-17)20(29)26-10-2-9-25(11-12-26)19(28)15-5-7-18(8-6-15)27-14-22-23-24-27/h1,3-8,13-14H,2,9-12H2. The molecule has 1 saturated heterocycles. The second-order valence-corrected chi connectivity index (χ2v) is 6.75. The highest BCUT2D eigenvalue weighted by atomic mass is 19.1. The average molecular weight is 394 g/mol. The number of tetrazole rings is 1. The molecule has 0 unspecified atom stereocenters. The maximum Gasteiger partial charge on any atom is 0.254 e. The van der Waals surface area contributed by atoms with Crippen molar-refractivity contribution >= 4 is 11.8 Å². The van der Waals surface area contributed by atoms with Gasteiger partial charge in [-0.05, 0) is 59.3 Å². The molecular formula is C20H19FN6O2. The quantitative estimate of drug-likeness (QED) is 0.676. The Morgan fingerprint density at radius 1 is 0.862 bits per heavy atom. The number of benzene rings is 2. The first-order chi connectivity index (χ1) is 14.1. The van der Waals surface area contributed by atoms with Crippen LogP contribution in [0.4, 0.5) is 4.39 Å². The van der Waals surface area contributed by atoms with Gasteiger partial charge >= 0.3 is 0 Å². The van der Waals surface area contributed by atoms with Gasteiger partial charge in [0.1, 0.15) is 12.1 Å². The van der Waals surface area contributed by atoms with Gasteiger partial charge in [0.05, 0.1) is 5.69 Å². The molecular weight excluding hydrogens is 375 g/mol. The molecule has 3 aromatic rings. The van der Waals surface area contributed by atoms with Gasteiger partial charge in [-0.15, -0.1) is 5.10 Å². The Morgan fingerprint density at radius 2 is 1.55 bits per heavy atom. The fraction of sp³-hybridized carbons (Fsp3) is 0.250. The van der Waals surface area contributed by atoms with Crippen LogP contribution in [0.1, 0.15) is 27.1 Å². The van der Waals surface area contributed by atoms with Crippen molar-refractivity contribution in [3.8, 4) is 5.69 Å². The van der Waals surface area contributed by atoms with Crippen LogP contribution in [-0.2, 0) is 0 Å². The summed E-state index contributed by atoms with van der Waals surface area (Å²) in [5.41, 5.74) is 1.64. The van der Waals surface area contributed by atoms with Crippen LogP contribution in [0.3, 0.4) is 0 Å². The monoisotopic (exact) mass is 394 g/mol. The Kier molecular flexibility index (Phi) is 5.28. The zero-order valence-corrected chi connectivity index (χ0v) is 15.6. The van der Waals surface area contributed by atoms with Gasteiger partial charge in [-0.1, -0.05) is 6.07 Å². The summed E-state index contributed by atoms with van der Waals surface area (Å²) in [6.45, 7) is 1.91. The molecule has 8 nitrogen and oxygen atoms in total. The van der Waals surface area contributed by atoms with E-state index in [2.05, 4.69) is 15.5 Å². The Bertz CT molecular complexity index is 1010. The first-order valence-electron chi connectivity index (χ1n) is 9.29. The van der Waals surface area contributed by atoms with E-state index in [0.29, 0.717) is 43.7 Å². The van der Waals surface area contributed by atoms with E-state index in [1.807, 2.05) is 0 Å². The van der Waals surface area contributed by atoms with Crippen LogP contribution in [-0.4, -0.2) is 68.0 Å². The molecule has 0 saturated carbocycles. The summed E-state index contributed by atoms with van der Waals surface area (Å²) in [6, 6.07) is 12.7. The van der Waals surface area contributed by atoms with Crippen molar-refractivity contribution in [3.05, 3.63) is 71.8 Å². The van der Waals surface area contributed by atoms with Crippen LogP contribution >= 0.6 is 0 Å². The minimum atomic E-state index is -0.437. The second kappa shape index (κ2) is 8.17. The average Bonchev–Trinajstić information content (AvgIpc) is 3.17. The number of rotatable bonds is 3. The van der Waals surface area contributed by atoms with Crippen LogP contribution in [0.15, 0.2) is 54.9 Å².